The molecule has 0 saturated heterocycles. The van der Waals surface area contributed by atoms with E-state index in [4.69, 9.17) is 0 Å². The zero-order valence-electron chi connectivity index (χ0n) is 20.4. The summed E-state index contributed by atoms with van der Waals surface area (Å²) in [4.78, 5) is 0. The number of aryl methyl sites for hydroxylation is 4. The summed E-state index contributed by atoms with van der Waals surface area (Å²) in [7, 11) is 0. The smallest absolute Gasteiger partial charge is 0.166 e. The molecule has 0 amide bonds. The largest absolute Gasteiger partial charge is 0.207 e. The number of rotatable bonds is 9. The van der Waals surface area contributed by atoms with Gasteiger partial charge in [-0.3, -0.25) is 0 Å². The maximum Gasteiger partial charge on any atom is 0.166 e. The molecule has 0 bridgehead atoms. The Morgan fingerprint density at radius 3 is 1.83 bits per heavy atom. The number of halogens is 3. The summed E-state index contributed by atoms with van der Waals surface area (Å²) in [6.07, 6.45) is 4.66. The predicted molar refractivity (Wildman–Crippen MR) is 139 cm³/mol. The highest BCUT2D eigenvalue weighted by Gasteiger charge is 2.15. The van der Waals surface area contributed by atoms with Gasteiger partial charge in [-0.2, -0.15) is 0 Å². The molecule has 0 spiro atoms. The van der Waals surface area contributed by atoms with Crippen LogP contribution in [-0.2, 0) is 25.7 Å². The fourth-order valence-electron chi connectivity index (χ4n) is 4.37. The number of unbranched alkanes of at least 4 members (excludes halogenated alkanes) is 1. The van der Waals surface area contributed by atoms with E-state index in [1.807, 2.05) is 60.7 Å². The minimum absolute atomic E-state index is 0.165. The second kappa shape index (κ2) is 11.4. The standard InChI is InChI=1S/C32H31F3/c1-3-5-6-26-17-18-28(21-30(26)33)24-12-9-23(10-13-24)11-16-27-19-20-29(32(35)31(27)34)25-14-7-22(4-2)8-15-25/h7-10,12-15,17-21H,3-6,11,16H2,1-2H3. The van der Waals surface area contributed by atoms with Crippen LogP contribution in [0.15, 0.2) is 78.9 Å². The minimum Gasteiger partial charge on any atom is -0.207 e. The first kappa shape index (κ1) is 24.8. The van der Waals surface area contributed by atoms with Crippen molar-refractivity contribution in [1.29, 1.82) is 0 Å². The summed E-state index contributed by atoms with van der Waals surface area (Å²) < 4.78 is 44.1. The van der Waals surface area contributed by atoms with E-state index in [0.717, 1.165) is 53.5 Å². The highest BCUT2D eigenvalue weighted by Crippen LogP contribution is 2.28. The van der Waals surface area contributed by atoms with Crippen LogP contribution in [-0.4, -0.2) is 0 Å². The van der Waals surface area contributed by atoms with Crippen molar-refractivity contribution in [2.75, 3.05) is 0 Å². The second-order valence-corrected chi connectivity index (χ2v) is 9.06. The molecule has 0 fully saturated rings. The summed E-state index contributed by atoms with van der Waals surface area (Å²) in [5, 5.41) is 0. The molecule has 0 heterocycles. The van der Waals surface area contributed by atoms with Crippen LogP contribution in [0.4, 0.5) is 13.2 Å². The van der Waals surface area contributed by atoms with Crippen LogP contribution in [0, 0.1) is 17.5 Å². The van der Waals surface area contributed by atoms with Crippen molar-refractivity contribution in [3.63, 3.8) is 0 Å². The van der Waals surface area contributed by atoms with Gasteiger partial charge in [-0.1, -0.05) is 93.1 Å². The molecule has 4 rings (SSSR count). The Morgan fingerprint density at radius 1 is 0.543 bits per heavy atom. The highest BCUT2D eigenvalue weighted by molar-refractivity contribution is 5.65. The van der Waals surface area contributed by atoms with Crippen molar-refractivity contribution in [2.24, 2.45) is 0 Å². The molecule has 0 N–H and O–H groups in total. The Morgan fingerprint density at radius 2 is 1.17 bits per heavy atom. The Labute approximate surface area is 206 Å². The summed E-state index contributed by atoms with van der Waals surface area (Å²) >= 11 is 0. The average molecular weight is 473 g/mol. The fraction of sp³-hybridized carbons (Fsp3) is 0.250. The minimum atomic E-state index is -0.800. The molecule has 3 heteroatoms. The van der Waals surface area contributed by atoms with Crippen molar-refractivity contribution in [3.8, 4) is 22.3 Å². The van der Waals surface area contributed by atoms with Gasteiger partial charge in [0, 0.05) is 5.56 Å². The highest BCUT2D eigenvalue weighted by atomic mass is 19.2. The van der Waals surface area contributed by atoms with E-state index in [0.29, 0.717) is 24.0 Å². The lowest BCUT2D eigenvalue weighted by Gasteiger charge is -2.10. The first-order chi connectivity index (χ1) is 17.0. The lowest BCUT2D eigenvalue weighted by Crippen LogP contribution is -2.00. The van der Waals surface area contributed by atoms with E-state index in [-0.39, 0.29) is 11.4 Å². The molecule has 0 unspecified atom stereocenters. The van der Waals surface area contributed by atoms with Crippen LogP contribution < -0.4 is 0 Å². The molecule has 0 aliphatic heterocycles. The van der Waals surface area contributed by atoms with Gasteiger partial charge in [0.1, 0.15) is 5.82 Å². The molecule has 0 atom stereocenters. The van der Waals surface area contributed by atoms with Crippen molar-refractivity contribution < 1.29 is 13.2 Å². The number of hydrogen-bond donors (Lipinski definition) is 0. The first-order valence-corrected chi connectivity index (χ1v) is 12.4. The Hall–Kier alpha value is -3.33. The third kappa shape index (κ3) is 5.85. The van der Waals surface area contributed by atoms with E-state index in [1.165, 1.54) is 0 Å². The van der Waals surface area contributed by atoms with Crippen molar-refractivity contribution in [3.05, 3.63) is 119 Å². The quantitative estimate of drug-likeness (QED) is 0.228. The van der Waals surface area contributed by atoms with Crippen molar-refractivity contribution in [1.82, 2.24) is 0 Å². The van der Waals surface area contributed by atoms with E-state index in [2.05, 4.69) is 13.8 Å². The van der Waals surface area contributed by atoms with Crippen LogP contribution in [0.1, 0.15) is 48.9 Å². The van der Waals surface area contributed by atoms with Crippen LogP contribution in [0.2, 0.25) is 0 Å². The van der Waals surface area contributed by atoms with Crippen LogP contribution in [0.3, 0.4) is 0 Å². The zero-order valence-corrected chi connectivity index (χ0v) is 20.4. The molecule has 0 aromatic heterocycles. The third-order valence-electron chi connectivity index (χ3n) is 6.66. The van der Waals surface area contributed by atoms with E-state index < -0.39 is 11.6 Å². The van der Waals surface area contributed by atoms with Crippen LogP contribution >= 0.6 is 0 Å². The molecule has 35 heavy (non-hydrogen) atoms. The summed E-state index contributed by atoms with van der Waals surface area (Å²) in [5.41, 5.74) is 6.03. The molecule has 4 aromatic carbocycles. The van der Waals surface area contributed by atoms with Gasteiger partial charge >= 0.3 is 0 Å². The van der Waals surface area contributed by atoms with E-state index in [9.17, 15) is 13.2 Å². The van der Waals surface area contributed by atoms with Gasteiger partial charge in [-0.15, -0.1) is 0 Å². The molecule has 0 nitrogen and oxygen atoms in total. The van der Waals surface area contributed by atoms with Gasteiger partial charge < -0.3 is 0 Å². The van der Waals surface area contributed by atoms with Gasteiger partial charge in [0.15, 0.2) is 11.6 Å². The predicted octanol–water partition coefficient (Wildman–Crippen LogP) is 9.13. The molecule has 0 aliphatic rings. The van der Waals surface area contributed by atoms with Gasteiger partial charge in [0.25, 0.3) is 0 Å². The van der Waals surface area contributed by atoms with Crippen molar-refractivity contribution >= 4 is 0 Å². The van der Waals surface area contributed by atoms with Gasteiger partial charge in [0.2, 0.25) is 0 Å². The first-order valence-electron chi connectivity index (χ1n) is 12.4. The van der Waals surface area contributed by atoms with Crippen LogP contribution in [0.5, 0.6) is 0 Å². The lowest BCUT2D eigenvalue weighted by molar-refractivity contribution is 0.501. The third-order valence-corrected chi connectivity index (χ3v) is 6.66. The SMILES string of the molecule is CCCCc1ccc(-c2ccc(CCc3ccc(-c4ccc(CC)cc4)c(F)c3F)cc2)cc1F. The fourth-order valence-corrected chi connectivity index (χ4v) is 4.37. The number of benzene rings is 4. The molecule has 4 aromatic rings. The maximum atomic E-state index is 14.8. The Bertz CT molecular complexity index is 1270. The lowest BCUT2D eigenvalue weighted by atomic mass is 9.97. The van der Waals surface area contributed by atoms with Gasteiger partial charge in [0.05, 0.1) is 0 Å². The summed E-state index contributed by atoms with van der Waals surface area (Å²) in [6, 6.07) is 24.2. The normalized spacial score (nSPS) is 11.1. The monoisotopic (exact) mass is 472 g/mol. The molecule has 180 valence electrons. The van der Waals surface area contributed by atoms with Gasteiger partial charge in [-0.05, 0) is 77.1 Å². The summed E-state index contributed by atoms with van der Waals surface area (Å²) in [6.45, 7) is 4.16. The second-order valence-electron chi connectivity index (χ2n) is 9.06. The molecule has 0 saturated carbocycles. The Kier molecular flexibility index (Phi) is 8.07. The van der Waals surface area contributed by atoms with E-state index in [1.54, 1.807) is 18.2 Å². The Balaban J connectivity index is 1.43. The molecule has 0 radical (unpaired) electrons. The van der Waals surface area contributed by atoms with E-state index >= 15 is 0 Å². The molecule has 0 aliphatic carbocycles. The average Bonchev–Trinajstić information content (AvgIpc) is 2.89. The van der Waals surface area contributed by atoms with Crippen LogP contribution in [0.25, 0.3) is 22.3 Å². The number of hydrogen-bond acceptors (Lipinski definition) is 0. The summed E-state index contributed by atoms with van der Waals surface area (Å²) in [5.74, 6) is -1.74. The topological polar surface area (TPSA) is 0 Å². The maximum absolute atomic E-state index is 14.8. The van der Waals surface area contributed by atoms with Crippen molar-refractivity contribution in [2.45, 2.75) is 52.4 Å². The zero-order chi connectivity index (χ0) is 24.8. The van der Waals surface area contributed by atoms with Gasteiger partial charge in [-0.25, -0.2) is 13.2 Å². The molecular weight excluding hydrogens is 441 g/mol. The molecular formula is C32H31F3.